The van der Waals surface area contributed by atoms with Gasteiger partial charge in [0, 0.05) is 37.5 Å². The predicted molar refractivity (Wildman–Crippen MR) is 137 cm³/mol. The fourth-order valence-electron chi connectivity index (χ4n) is 3.98. The number of ether oxygens (including phenoxy) is 1. The number of alkyl halides is 3. The molecule has 3 heterocycles. The van der Waals surface area contributed by atoms with Crippen molar-refractivity contribution >= 4 is 11.7 Å². The Labute approximate surface area is 231 Å². The molecule has 3 aromatic heterocycles. The first-order chi connectivity index (χ1) is 19.6. The summed E-state index contributed by atoms with van der Waals surface area (Å²) < 4.78 is 57.7. The minimum Gasteiger partial charge on any atom is -0.403 e. The van der Waals surface area contributed by atoms with Gasteiger partial charge in [0.05, 0.1) is 24.0 Å². The molecule has 1 N–H and O–H groups in total. The Morgan fingerprint density at radius 3 is 2.46 bits per heavy atom. The van der Waals surface area contributed by atoms with Gasteiger partial charge in [0.1, 0.15) is 5.78 Å². The summed E-state index contributed by atoms with van der Waals surface area (Å²) in [5.41, 5.74) is 1.97. The summed E-state index contributed by atoms with van der Waals surface area (Å²) in [6, 6.07) is 9.84. The highest BCUT2D eigenvalue weighted by atomic mass is 19.4. The maximum absolute atomic E-state index is 14.7. The van der Waals surface area contributed by atoms with Crippen LogP contribution in [0.5, 0.6) is 5.75 Å². The maximum atomic E-state index is 14.7. The number of aromatic nitrogens is 6. The van der Waals surface area contributed by atoms with Crippen LogP contribution in [-0.2, 0) is 30.6 Å². The summed E-state index contributed by atoms with van der Waals surface area (Å²) >= 11 is 0. The predicted octanol–water partition coefficient (Wildman–Crippen LogP) is 3.90. The van der Waals surface area contributed by atoms with E-state index in [0.29, 0.717) is 24.4 Å². The number of halogens is 4. The van der Waals surface area contributed by atoms with E-state index in [1.54, 1.807) is 23.0 Å². The third-order valence-corrected chi connectivity index (χ3v) is 5.92. The van der Waals surface area contributed by atoms with E-state index in [0.717, 1.165) is 24.6 Å². The Morgan fingerprint density at radius 2 is 1.73 bits per heavy atom. The molecule has 14 heteroatoms. The van der Waals surface area contributed by atoms with Crippen LogP contribution in [0.3, 0.4) is 0 Å². The lowest BCUT2D eigenvalue weighted by molar-refractivity contribution is -0.275. The van der Waals surface area contributed by atoms with E-state index in [4.69, 9.17) is 0 Å². The number of amides is 1. The summed E-state index contributed by atoms with van der Waals surface area (Å²) in [5, 5.41) is 18.5. The highest BCUT2D eigenvalue weighted by molar-refractivity contribution is 5.91. The highest BCUT2D eigenvalue weighted by Gasteiger charge is 2.32. The molecule has 1 amide bonds. The lowest BCUT2D eigenvalue weighted by Crippen LogP contribution is -2.18. The van der Waals surface area contributed by atoms with Crippen molar-refractivity contribution in [1.82, 2.24) is 35.5 Å². The van der Waals surface area contributed by atoms with Gasteiger partial charge in [0.25, 0.3) is 5.91 Å². The average Bonchev–Trinajstić information content (AvgIpc) is 3.41. The van der Waals surface area contributed by atoms with Gasteiger partial charge in [-0.1, -0.05) is 17.3 Å². The van der Waals surface area contributed by atoms with E-state index >= 15 is 0 Å². The molecule has 1 aromatic carbocycles. The normalized spacial score (nSPS) is 11.3. The molecule has 10 nitrogen and oxygen atoms in total. The minimum atomic E-state index is -5.03. The van der Waals surface area contributed by atoms with Crippen molar-refractivity contribution < 1.29 is 31.9 Å². The Hall–Kier alpha value is -4.75. The summed E-state index contributed by atoms with van der Waals surface area (Å²) in [4.78, 5) is 28.3. The third-order valence-electron chi connectivity index (χ3n) is 5.92. The number of rotatable bonds is 12. The molecule has 0 bridgehead atoms. The zero-order chi connectivity index (χ0) is 29.4. The molecule has 214 valence electrons. The van der Waals surface area contributed by atoms with E-state index < -0.39 is 17.9 Å². The first-order valence-corrected chi connectivity index (χ1v) is 12.6. The van der Waals surface area contributed by atoms with Crippen LogP contribution in [0.1, 0.15) is 40.4 Å². The van der Waals surface area contributed by atoms with Gasteiger partial charge in [0.15, 0.2) is 17.3 Å². The van der Waals surface area contributed by atoms with Crippen LogP contribution in [0.4, 0.5) is 17.6 Å². The van der Waals surface area contributed by atoms with Crippen LogP contribution < -0.4 is 10.1 Å². The molecular formula is C27H25F4N7O3. The molecule has 4 aromatic rings. The van der Waals surface area contributed by atoms with E-state index in [2.05, 4.69) is 35.5 Å². The number of unbranched alkanes of at least 4 members (excludes halogenated alkanes) is 1. The number of nitrogens with zero attached hydrogens (tertiary/aromatic N) is 6. The van der Waals surface area contributed by atoms with E-state index in [1.165, 1.54) is 37.5 Å². The van der Waals surface area contributed by atoms with Crippen LogP contribution in [0.2, 0.25) is 0 Å². The Kier molecular flexibility index (Phi) is 9.32. The Morgan fingerprint density at radius 1 is 0.976 bits per heavy atom. The van der Waals surface area contributed by atoms with Crippen molar-refractivity contribution in [3.63, 3.8) is 0 Å². The molecule has 0 spiro atoms. The molecule has 0 aliphatic carbocycles. The summed E-state index contributed by atoms with van der Waals surface area (Å²) in [7, 11) is 1.52. The van der Waals surface area contributed by atoms with Crippen molar-refractivity contribution in [2.24, 2.45) is 0 Å². The number of benzene rings is 1. The quantitative estimate of drug-likeness (QED) is 0.201. The Bertz CT molecular complexity index is 1510. The number of nitrogens with one attached hydrogen (secondary N) is 1. The van der Waals surface area contributed by atoms with Gasteiger partial charge in [-0.3, -0.25) is 19.3 Å². The Balaban J connectivity index is 1.28. The molecule has 0 aliphatic heterocycles. The lowest BCUT2D eigenvalue weighted by atomic mass is 10.0. The van der Waals surface area contributed by atoms with Gasteiger partial charge in [-0.2, -0.15) is 10.2 Å². The van der Waals surface area contributed by atoms with Crippen molar-refractivity contribution in [2.45, 2.75) is 45.0 Å². The zero-order valence-electron chi connectivity index (χ0n) is 21.9. The van der Waals surface area contributed by atoms with Crippen LogP contribution in [0.15, 0.2) is 54.9 Å². The summed E-state index contributed by atoms with van der Waals surface area (Å²) in [6.45, 7) is 0.596. The maximum Gasteiger partial charge on any atom is 0.573 e. The highest BCUT2D eigenvalue weighted by Crippen LogP contribution is 2.32. The first kappa shape index (κ1) is 29.2. The number of ketones is 1. The fourth-order valence-corrected chi connectivity index (χ4v) is 3.98. The SMILES string of the molecule is CNC(=O)c1cn(CCCCc2ccc(CC(=O)Cc3cc(-c4cccc(OC(F)(F)F)c4F)ccn3)nn2)nn1. The van der Waals surface area contributed by atoms with Crippen molar-refractivity contribution in [1.29, 1.82) is 0 Å². The van der Waals surface area contributed by atoms with Crippen LogP contribution in [0.25, 0.3) is 11.1 Å². The van der Waals surface area contributed by atoms with E-state index in [1.807, 2.05) is 0 Å². The van der Waals surface area contributed by atoms with Crippen molar-refractivity contribution in [3.8, 4) is 16.9 Å². The number of pyridine rings is 1. The standard InChI is InChI=1S/C27H25F4N7O3/c1-32-26(40)23-16-38(37-36-23)12-3-2-5-18-8-9-19(35-34-18)14-21(39)15-20-13-17(10-11-33-20)22-6-4-7-24(25(22)28)41-27(29,30)31/h4,6-11,13,16H,2-3,5,12,14-15H2,1H3,(H,32,40). The number of hydrogen-bond donors (Lipinski definition) is 1. The molecule has 0 unspecified atom stereocenters. The largest absolute Gasteiger partial charge is 0.573 e. The monoisotopic (exact) mass is 571 g/mol. The second-order valence-corrected chi connectivity index (χ2v) is 9.01. The molecule has 0 saturated carbocycles. The van der Waals surface area contributed by atoms with Crippen molar-refractivity contribution in [2.75, 3.05) is 7.05 Å². The fraction of sp³-hybridized carbons (Fsp3) is 0.296. The number of aryl methyl sites for hydroxylation is 2. The summed E-state index contributed by atoms with van der Waals surface area (Å²) in [5.74, 6) is -2.62. The third kappa shape index (κ3) is 8.37. The van der Waals surface area contributed by atoms with Gasteiger partial charge in [-0.15, -0.1) is 18.3 Å². The van der Waals surface area contributed by atoms with E-state index in [9.17, 15) is 27.2 Å². The molecule has 0 fully saturated rings. The second kappa shape index (κ2) is 13.1. The molecule has 0 atom stereocenters. The topological polar surface area (TPSA) is 125 Å². The number of carbonyl (C=O) groups excluding carboxylic acids is 2. The molecule has 4 rings (SSSR count). The number of carbonyl (C=O) groups is 2. The number of hydrogen-bond acceptors (Lipinski definition) is 8. The first-order valence-electron chi connectivity index (χ1n) is 12.6. The van der Waals surface area contributed by atoms with Crippen LogP contribution in [0, 0.1) is 5.82 Å². The van der Waals surface area contributed by atoms with Crippen LogP contribution >= 0.6 is 0 Å². The zero-order valence-corrected chi connectivity index (χ0v) is 21.9. The number of Topliss-reactive ketones (excluding diaryl/α,β-unsaturated/α-hetero) is 1. The second-order valence-electron chi connectivity index (χ2n) is 9.01. The van der Waals surface area contributed by atoms with Gasteiger partial charge >= 0.3 is 6.36 Å². The van der Waals surface area contributed by atoms with Gasteiger partial charge in [-0.05, 0) is 55.2 Å². The molecule has 41 heavy (non-hydrogen) atoms. The van der Waals surface area contributed by atoms with Gasteiger partial charge in [0.2, 0.25) is 0 Å². The summed E-state index contributed by atoms with van der Waals surface area (Å²) in [6.07, 6.45) is 0.0800. The molecule has 0 aliphatic rings. The van der Waals surface area contributed by atoms with Crippen molar-refractivity contribution in [3.05, 3.63) is 83.5 Å². The smallest absolute Gasteiger partial charge is 0.403 e. The molecular weight excluding hydrogens is 546 g/mol. The van der Waals surface area contributed by atoms with Gasteiger partial charge < -0.3 is 10.1 Å². The molecule has 0 radical (unpaired) electrons. The average molecular weight is 572 g/mol. The lowest BCUT2D eigenvalue weighted by Gasteiger charge is -2.12. The molecule has 0 saturated heterocycles. The minimum absolute atomic E-state index is 0.00241. The van der Waals surface area contributed by atoms with E-state index in [-0.39, 0.29) is 41.4 Å². The van der Waals surface area contributed by atoms with Crippen LogP contribution in [-0.4, -0.2) is 55.3 Å². The van der Waals surface area contributed by atoms with Gasteiger partial charge in [-0.25, -0.2) is 4.39 Å².